The smallest absolute Gasteiger partial charge is 0.255 e. The van der Waals surface area contributed by atoms with Gasteiger partial charge in [-0.1, -0.05) is 23.2 Å². The number of nitrogen functional groups attached to an aromatic ring is 1. The molecule has 2 N–H and O–H groups in total. The molecule has 0 saturated heterocycles. The van der Waals surface area contributed by atoms with Crippen LogP contribution in [0, 0.1) is 6.92 Å². The fourth-order valence-corrected chi connectivity index (χ4v) is 3.39. The number of thiophene rings is 1. The van der Waals surface area contributed by atoms with Crippen molar-refractivity contribution in [1.82, 2.24) is 4.90 Å². The highest BCUT2D eigenvalue weighted by Crippen LogP contribution is 2.32. The molecule has 2 rings (SSSR count). The van der Waals surface area contributed by atoms with Crippen LogP contribution in [-0.4, -0.2) is 17.9 Å². The first-order valence-electron chi connectivity index (χ1n) is 6.39. The highest BCUT2D eigenvalue weighted by Gasteiger charge is 2.23. The standard InChI is InChI=1S/C15H16Cl2N2OS/c1-8-4-5-13(21-8)9(2)19(3)15(20)11-6-10(18)7-12(16)14(11)17/h4-7,9H,18H2,1-3H3. The first-order chi connectivity index (χ1) is 9.81. The van der Waals surface area contributed by atoms with Gasteiger partial charge in [-0.15, -0.1) is 11.3 Å². The molecule has 0 aliphatic rings. The molecular formula is C15H16Cl2N2OS. The lowest BCUT2D eigenvalue weighted by Crippen LogP contribution is -2.29. The Morgan fingerprint density at radius 2 is 2.00 bits per heavy atom. The zero-order chi connectivity index (χ0) is 15.7. The quantitative estimate of drug-likeness (QED) is 0.816. The number of nitrogens with two attached hydrogens (primary N) is 1. The Labute approximate surface area is 138 Å². The van der Waals surface area contributed by atoms with E-state index in [0.717, 1.165) is 4.88 Å². The van der Waals surface area contributed by atoms with Gasteiger partial charge in [0, 0.05) is 22.5 Å². The minimum absolute atomic E-state index is 0.0486. The molecule has 1 amide bonds. The van der Waals surface area contributed by atoms with Crippen LogP contribution in [0.4, 0.5) is 5.69 Å². The van der Waals surface area contributed by atoms with E-state index in [1.165, 1.54) is 10.9 Å². The normalized spacial score (nSPS) is 12.2. The molecule has 2 aromatic rings. The van der Waals surface area contributed by atoms with Gasteiger partial charge in [0.05, 0.1) is 21.7 Å². The van der Waals surface area contributed by atoms with Crippen LogP contribution in [0.1, 0.15) is 33.1 Å². The maximum absolute atomic E-state index is 12.6. The van der Waals surface area contributed by atoms with Crippen LogP contribution < -0.4 is 5.73 Å². The van der Waals surface area contributed by atoms with Crippen LogP contribution in [0.5, 0.6) is 0 Å². The molecule has 0 radical (unpaired) electrons. The average Bonchev–Trinajstić information content (AvgIpc) is 2.87. The largest absolute Gasteiger partial charge is 0.399 e. The molecular weight excluding hydrogens is 327 g/mol. The van der Waals surface area contributed by atoms with E-state index in [9.17, 15) is 4.79 Å². The number of carbonyl (C=O) groups is 1. The van der Waals surface area contributed by atoms with Gasteiger partial charge < -0.3 is 10.6 Å². The second-order valence-corrected chi connectivity index (χ2v) is 7.01. The molecule has 3 nitrogen and oxygen atoms in total. The molecule has 1 aromatic heterocycles. The van der Waals surface area contributed by atoms with Gasteiger partial charge in [0.25, 0.3) is 5.91 Å². The molecule has 1 aromatic carbocycles. The predicted octanol–water partition coefficient (Wildman–Crippen LogP) is 4.78. The summed E-state index contributed by atoms with van der Waals surface area (Å²) in [6.07, 6.45) is 0. The fourth-order valence-electron chi connectivity index (χ4n) is 2.00. The van der Waals surface area contributed by atoms with Gasteiger partial charge in [0.1, 0.15) is 0 Å². The summed E-state index contributed by atoms with van der Waals surface area (Å²) in [5, 5.41) is 0.519. The Balaban J connectivity index is 2.31. The van der Waals surface area contributed by atoms with Crippen LogP contribution in [0.25, 0.3) is 0 Å². The maximum atomic E-state index is 12.6. The number of benzene rings is 1. The number of amides is 1. The van der Waals surface area contributed by atoms with Gasteiger partial charge in [0.2, 0.25) is 0 Å². The number of nitrogens with zero attached hydrogens (tertiary/aromatic N) is 1. The molecule has 112 valence electrons. The summed E-state index contributed by atoms with van der Waals surface area (Å²) >= 11 is 13.8. The molecule has 1 atom stereocenters. The number of halogens is 2. The predicted molar refractivity (Wildman–Crippen MR) is 90.4 cm³/mol. The number of anilines is 1. The number of rotatable bonds is 3. The van der Waals surface area contributed by atoms with Crippen molar-refractivity contribution in [3.05, 3.63) is 49.6 Å². The number of carbonyl (C=O) groups excluding carboxylic acids is 1. The number of hydrogen-bond acceptors (Lipinski definition) is 3. The second kappa shape index (κ2) is 6.26. The van der Waals surface area contributed by atoms with E-state index in [2.05, 4.69) is 0 Å². The van der Waals surface area contributed by atoms with E-state index in [1.807, 2.05) is 26.0 Å². The SMILES string of the molecule is Cc1ccc(C(C)N(C)C(=O)c2cc(N)cc(Cl)c2Cl)s1. The summed E-state index contributed by atoms with van der Waals surface area (Å²) in [4.78, 5) is 16.6. The molecule has 0 fully saturated rings. The molecule has 0 aliphatic carbocycles. The lowest BCUT2D eigenvalue weighted by molar-refractivity contribution is 0.0745. The van der Waals surface area contributed by atoms with Gasteiger partial charge >= 0.3 is 0 Å². The Kier molecular flexibility index (Phi) is 4.81. The van der Waals surface area contributed by atoms with Crippen molar-refractivity contribution >= 4 is 46.1 Å². The van der Waals surface area contributed by atoms with Crippen molar-refractivity contribution in [1.29, 1.82) is 0 Å². The molecule has 6 heteroatoms. The van der Waals surface area contributed by atoms with E-state index in [1.54, 1.807) is 29.4 Å². The van der Waals surface area contributed by atoms with E-state index in [0.29, 0.717) is 11.3 Å². The minimum Gasteiger partial charge on any atom is -0.399 e. The Morgan fingerprint density at radius 1 is 1.33 bits per heavy atom. The van der Waals surface area contributed by atoms with E-state index in [-0.39, 0.29) is 22.0 Å². The fraction of sp³-hybridized carbons (Fsp3) is 0.267. The molecule has 0 aliphatic heterocycles. The van der Waals surface area contributed by atoms with Crippen LogP contribution >= 0.6 is 34.5 Å². The van der Waals surface area contributed by atoms with Gasteiger partial charge in [-0.2, -0.15) is 0 Å². The Hall–Kier alpha value is -1.23. The van der Waals surface area contributed by atoms with Crippen molar-refractivity contribution in [2.75, 3.05) is 12.8 Å². The molecule has 1 unspecified atom stereocenters. The summed E-state index contributed by atoms with van der Waals surface area (Å²) in [5.41, 5.74) is 6.49. The third-order valence-electron chi connectivity index (χ3n) is 3.36. The van der Waals surface area contributed by atoms with Gasteiger partial charge in [-0.25, -0.2) is 0 Å². The van der Waals surface area contributed by atoms with Crippen LogP contribution in [-0.2, 0) is 0 Å². The summed E-state index contributed by atoms with van der Waals surface area (Å²) in [6, 6.07) is 7.11. The summed E-state index contributed by atoms with van der Waals surface area (Å²) in [6.45, 7) is 4.02. The average molecular weight is 343 g/mol. The Morgan fingerprint density at radius 3 is 2.57 bits per heavy atom. The Bertz CT molecular complexity index is 684. The third kappa shape index (κ3) is 3.34. The van der Waals surface area contributed by atoms with Crippen molar-refractivity contribution in [3.63, 3.8) is 0 Å². The lowest BCUT2D eigenvalue weighted by Gasteiger charge is -2.25. The van der Waals surface area contributed by atoms with Crippen LogP contribution in [0.15, 0.2) is 24.3 Å². The van der Waals surface area contributed by atoms with Crippen LogP contribution in [0.2, 0.25) is 10.0 Å². The number of aryl methyl sites for hydroxylation is 1. The van der Waals surface area contributed by atoms with Crippen molar-refractivity contribution in [3.8, 4) is 0 Å². The summed E-state index contributed by atoms with van der Waals surface area (Å²) in [5.74, 6) is -0.201. The molecule has 0 spiro atoms. The second-order valence-electron chi connectivity index (χ2n) is 4.90. The minimum atomic E-state index is -0.201. The molecule has 1 heterocycles. The first-order valence-corrected chi connectivity index (χ1v) is 7.96. The maximum Gasteiger partial charge on any atom is 0.255 e. The van der Waals surface area contributed by atoms with Crippen molar-refractivity contribution in [2.45, 2.75) is 19.9 Å². The van der Waals surface area contributed by atoms with Crippen molar-refractivity contribution < 1.29 is 4.79 Å². The topological polar surface area (TPSA) is 46.3 Å². The zero-order valence-electron chi connectivity index (χ0n) is 12.0. The van der Waals surface area contributed by atoms with E-state index < -0.39 is 0 Å². The van der Waals surface area contributed by atoms with Gasteiger partial charge in [-0.05, 0) is 38.1 Å². The van der Waals surface area contributed by atoms with E-state index >= 15 is 0 Å². The van der Waals surface area contributed by atoms with Gasteiger partial charge in [0.15, 0.2) is 0 Å². The highest BCUT2D eigenvalue weighted by atomic mass is 35.5. The molecule has 21 heavy (non-hydrogen) atoms. The monoisotopic (exact) mass is 342 g/mol. The summed E-state index contributed by atoms with van der Waals surface area (Å²) < 4.78 is 0. The lowest BCUT2D eigenvalue weighted by atomic mass is 10.1. The zero-order valence-corrected chi connectivity index (χ0v) is 14.3. The van der Waals surface area contributed by atoms with Crippen LogP contribution in [0.3, 0.4) is 0 Å². The first kappa shape index (κ1) is 16.1. The van der Waals surface area contributed by atoms with E-state index in [4.69, 9.17) is 28.9 Å². The molecule has 0 saturated carbocycles. The number of hydrogen-bond donors (Lipinski definition) is 1. The van der Waals surface area contributed by atoms with Crippen molar-refractivity contribution in [2.24, 2.45) is 0 Å². The highest BCUT2D eigenvalue weighted by molar-refractivity contribution is 7.12. The molecule has 0 bridgehead atoms. The van der Waals surface area contributed by atoms with Gasteiger partial charge in [-0.3, -0.25) is 4.79 Å². The summed E-state index contributed by atoms with van der Waals surface area (Å²) in [7, 11) is 1.75. The third-order valence-corrected chi connectivity index (χ3v) is 5.33.